The van der Waals surface area contributed by atoms with Crippen molar-refractivity contribution in [1.82, 2.24) is 5.32 Å². The molecule has 0 saturated heterocycles. The third-order valence-electron chi connectivity index (χ3n) is 4.97. The fourth-order valence-corrected chi connectivity index (χ4v) is 4.44. The Morgan fingerprint density at radius 2 is 1.77 bits per heavy atom. The Labute approximate surface area is 183 Å². The maximum Gasteiger partial charge on any atom is 0.271 e. The fraction of sp³-hybridized carbons (Fsp3) is 0.409. The van der Waals surface area contributed by atoms with Crippen LogP contribution in [0.15, 0.2) is 48.5 Å². The summed E-state index contributed by atoms with van der Waals surface area (Å²) in [5.74, 6) is 0.00533. The summed E-state index contributed by atoms with van der Waals surface area (Å²) in [7, 11) is -3.84. The minimum absolute atomic E-state index is 0.0737. The number of carbonyl (C=O) groups excluding carboxylic acids is 1. The minimum atomic E-state index is -3.84. The molecule has 31 heavy (non-hydrogen) atoms. The third-order valence-corrected chi connectivity index (χ3v) is 6.21. The van der Waals surface area contributed by atoms with Crippen LogP contribution in [-0.4, -0.2) is 38.1 Å². The first-order valence-corrected chi connectivity index (χ1v) is 12.0. The van der Waals surface area contributed by atoms with Crippen molar-refractivity contribution in [3.63, 3.8) is 0 Å². The zero-order valence-electron chi connectivity index (χ0n) is 18.2. The summed E-state index contributed by atoms with van der Waals surface area (Å²) in [6.07, 6.45) is 2.46. The number of hydrogen-bond acceptors (Lipinski definition) is 5. The summed E-state index contributed by atoms with van der Waals surface area (Å²) in [6.45, 7) is 6.12. The van der Waals surface area contributed by atoms with E-state index in [4.69, 9.17) is 0 Å². The van der Waals surface area contributed by atoms with Gasteiger partial charge in [0.1, 0.15) is 6.04 Å². The minimum Gasteiger partial charge on any atom is -0.354 e. The van der Waals surface area contributed by atoms with E-state index in [1.54, 1.807) is 0 Å². The van der Waals surface area contributed by atoms with Crippen molar-refractivity contribution >= 4 is 27.3 Å². The Bertz CT molecular complexity index is 1020. The van der Waals surface area contributed by atoms with Gasteiger partial charge in [-0.3, -0.25) is 19.2 Å². The molecule has 1 N–H and O–H groups in total. The molecule has 0 aliphatic heterocycles. The molecule has 168 valence electrons. The van der Waals surface area contributed by atoms with Gasteiger partial charge in [-0.2, -0.15) is 0 Å². The van der Waals surface area contributed by atoms with E-state index in [0.29, 0.717) is 18.9 Å². The van der Waals surface area contributed by atoms with Gasteiger partial charge < -0.3 is 5.32 Å². The zero-order valence-corrected chi connectivity index (χ0v) is 19.1. The van der Waals surface area contributed by atoms with Crippen LogP contribution in [0.2, 0.25) is 0 Å². The number of nitrogens with zero attached hydrogens (tertiary/aromatic N) is 2. The van der Waals surface area contributed by atoms with Crippen LogP contribution in [0.4, 0.5) is 11.4 Å². The maximum absolute atomic E-state index is 12.6. The second-order valence-corrected chi connectivity index (χ2v) is 9.66. The summed E-state index contributed by atoms with van der Waals surface area (Å²) in [4.78, 5) is 23.0. The second-order valence-electron chi connectivity index (χ2n) is 7.80. The van der Waals surface area contributed by atoms with Crippen molar-refractivity contribution < 1.29 is 18.1 Å². The third kappa shape index (κ3) is 6.78. The molecule has 1 atom stereocenters. The number of nitrogens with one attached hydrogen (secondary N) is 1. The molecule has 0 aromatic heterocycles. The lowest BCUT2D eigenvalue weighted by atomic mass is 10.0. The van der Waals surface area contributed by atoms with Crippen LogP contribution in [0.25, 0.3) is 0 Å². The highest BCUT2D eigenvalue weighted by Gasteiger charge is 2.29. The van der Waals surface area contributed by atoms with Crippen LogP contribution >= 0.6 is 0 Å². The van der Waals surface area contributed by atoms with Gasteiger partial charge in [-0.1, -0.05) is 44.2 Å². The zero-order chi connectivity index (χ0) is 23.2. The van der Waals surface area contributed by atoms with Gasteiger partial charge in [-0.25, -0.2) is 8.42 Å². The first-order valence-electron chi connectivity index (χ1n) is 10.1. The quantitative estimate of drug-likeness (QED) is 0.340. The van der Waals surface area contributed by atoms with Crippen LogP contribution in [0.1, 0.15) is 44.2 Å². The van der Waals surface area contributed by atoms with E-state index in [1.807, 2.05) is 0 Å². The van der Waals surface area contributed by atoms with E-state index < -0.39 is 26.9 Å². The molecule has 2 aromatic carbocycles. The second kappa shape index (κ2) is 10.4. The van der Waals surface area contributed by atoms with Crippen molar-refractivity contribution in [1.29, 1.82) is 0 Å². The molecule has 0 aliphatic rings. The van der Waals surface area contributed by atoms with E-state index in [-0.39, 0.29) is 11.4 Å². The summed E-state index contributed by atoms with van der Waals surface area (Å²) < 4.78 is 25.6. The average Bonchev–Trinajstić information content (AvgIpc) is 2.70. The number of benzene rings is 2. The van der Waals surface area contributed by atoms with Gasteiger partial charge in [0.2, 0.25) is 15.9 Å². The first kappa shape index (κ1) is 24.3. The number of rotatable bonds is 10. The Morgan fingerprint density at radius 3 is 2.32 bits per heavy atom. The molecule has 0 aliphatic carbocycles. The van der Waals surface area contributed by atoms with Crippen LogP contribution in [-0.2, 0) is 21.2 Å². The van der Waals surface area contributed by atoms with E-state index in [0.717, 1.165) is 23.0 Å². The molecular formula is C22H29N3O5S. The Morgan fingerprint density at radius 1 is 1.13 bits per heavy atom. The lowest BCUT2D eigenvalue weighted by Gasteiger charge is -2.28. The van der Waals surface area contributed by atoms with Gasteiger partial charge in [-0.15, -0.1) is 0 Å². The van der Waals surface area contributed by atoms with Crippen molar-refractivity contribution in [2.45, 2.75) is 45.6 Å². The Hall–Kier alpha value is -2.94. The largest absolute Gasteiger partial charge is 0.354 e. The highest BCUT2D eigenvalue weighted by molar-refractivity contribution is 7.92. The highest BCUT2D eigenvalue weighted by atomic mass is 32.2. The molecule has 0 heterocycles. The van der Waals surface area contributed by atoms with Crippen molar-refractivity contribution in [3.05, 3.63) is 69.8 Å². The molecule has 0 radical (unpaired) electrons. The number of non-ortho nitro benzene ring substituents is 1. The van der Waals surface area contributed by atoms with Crippen LogP contribution in [0, 0.1) is 10.1 Å². The Balaban J connectivity index is 2.00. The standard InChI is InChI=1S/C22H29N3O5S/c1-16(2)19-12-10-18(11-13-19)7-6-14-23-22(26)17(3)24(31(4,29)30)20-8-5-9-21(15-20)25(27)28/h5,8-13,15-17H,6-7,14H2,1-4H3,(H,23,26)/t17-/m0/s1. The number of hydrogen-bond donors (Lipinski definition) is 1. The number of sulfonamides is 1. The highest BCUT2D eigenvalue weighted by Crippen LogP contribution is 2.25. The lowest BCUT2D eigenvalue weighted by Crippen LogP contribution is -2.48. The van der Waals surface area contributed by atoms with Gasteiger partial charge in [0.05, 0.1) is 16.9 Å². The van der Waals surface area contributed by atoms with Gasteiger partial charge in [0.15, 0.2) is 0 Å². The lowest BCUT2D eigenvalue weighted by molar-refractivity contribution is -0.384. The maximum atomic E-state index is 12.6. The number of anilines is 1. The van der Waals surface area contributed by atoms with Crippen molar-refractivity contribution in [2.24, 2.45) is 0 Å². The van der Waals surface area contributed by atoms with E-state index in [1.165, 1.54) is 36.2 Å². The molecular weight excluding hydrogens is 418 g/mol. The molecule has 8 nitrogen and oxygen atoms in total. The Kier molecular flexibility index (Phi) is 8.15. The smallest absolute Gasteiger partial charge is 0.271 e. The number of nitro benzene ring substituents is 1. The number of nitro groups is 1. The summed E-state index contributed by atoms with van der Waals surface area (Å²) in [5.41, 5.74) is 2.26. The van der Waals surface area contributed by atoms with Crippen molar-refractivity contribution in [2.75, 3.05) is 17.1 Å². The molecule has 1 amide bonds. The summed E-state index contributed by atoms with van der Waals surface area (Å²) >= 11 is 0. The molecule has 0 saturated carbocycles. The normalized spacial score (nSPS) is 12.4. The first-order chi connectivity index (χ1) is 14.5. The van der Waals surface area contributed by atoms with Crippen LogP contribution < -0.4 is 9.62 Å². The molecule has 9 heteroatoms. The number of aryl methyl sites for hydroxylation is 1. The van der Waals surface area contributed by atoms with Crippen LogP contribution in [0.3, 0.4) is 0 Å². The molecule has 2 rings (SSSR count). The molecule has 0 bridgehead atoms. The SMILES string of the molecule is CC(C)c1ccc(CCCNC(=O)[C@H](C)N(c2cccc([N+](=O)[O-])c2)S(C)(=O)=O)cc1. The summed E-state index contributed by atoms with van der Waals surface area (Å²) in [5, 5.41) is 13.8. The van der Waals surface area contributed by atoms with E-state index in [9.17, 15) is 23.3 Å². The summed E-state index contributed by atoms with van der Waals surface area (Å²) in [6, 6.07) is 12.5. The monoisotopic (exact) mass is 447 g/mol. The van der Waals surface area contributed by atoms with E-state index >= 15 is 0 Å². The van der Waals surface area contributed by atoms with Gasteiger partial charge >= 0.3 is 0 Å². The average molecular weight is 448 g/mol. The van der Waals surface area contributed by atoms with Crippen molar-refractivity contribution in [3.8, 4) is 0 Å². The van der Waals surface area contributed by atoms with Gasteiger partial charge in [0.25, 0.3) is 5.69 Å². The predicted molar refractivity (Wildman–Crippen MR) is 122 cm³/mol. The van der Waals surface area contributed by atoms with Crippen LogP contribution in [0.5, 0.6) is 0 Å². The molecule has 0 spiro atoms. The number of carbonyl (C=O) groups is 1. The van der Waals surface area contributed by atoms with Gasteiger partial charge in [0, 0.05) is 18.7 Å². The fourth-order valence-electron chi connectivity index (χ4n) is 3.27. The molecule has 0 unspecified atom stereocenters. The predicted octanol–water partition coefficient (Wildman–Crippen LogP) is 3.62. The number of amides is 1. The molecule has 2 aromatic rings. The van der Waals surface area contributed by atoms with E-state index in [2.05, 4.69) is 43.4 Å². The van der Waals surface area contributed by atoms with Gasteiger partial charge in [-0.05, 0) is 42.9 Å². The molecule has 0 fully saturated rings. The topological polar surface area (TPSA) is 110 Å².